The quantitative estimate of drug-likeness (QED) is 0.871. The maximum Gasteiger partial charge on any atom is 0.125 e. The number of hydrogen-bond donors (Lipinski definition) is 1. The fourth-order valence-corrected chi connectivity index (χ4v) is 1.89. The lowest BCUT2D eigenvalue weighted by molar-refractivity contribution is 0.206. The molecular weight excluding hydrogens is 212 g/mol. The Balaban J connectivity index is 2.49. The molecule has 1 N–H and O–H groups in total. The van der Waals surface area contributed by atoms with Gasteiger partial charge in [0.25, 0.3) is 0 Å². The summed E-state index contributed by atoms with van der Waals surface area (Å²) in [5, 5.41) is 11.7. The van der Waals surface area contributed by atoms with E-state index in [1.807, 2.05) is 43.3 Å². The molecule has 1 unspecified atom stereocenters. The van der Waals surface area contributed by atoms with Gasteiger partial charge in [-0.1, -0.05) is 37.3 Å². The van der Waals surface area contributed by atoms with E-state index in [-0.39, 0.29) is 12.7 Å². The van der Waals surface area contributed by atoms with Gasteiger partial charge in [-0.25, -0.2) is 0 Å². The number of benzene rings is 2. The lowest BCUT2D eigenvalue weighted by Crippen LogP contribution is -2.11. The van der Waals surface area contributed by atoms with Gasteiger partial charge in [0.15, 0.2) is 0 Å². The summed E-state index contributed by atoms with van der Waals surface area (Å²) in [6.07, 6.45) is 1.12. The van der Waals surface area contributed by atoms with Crippen LogP contribution in [-0.2, 0) is 6.61 Å². The summed E-state index contributed by atoms with van der Waals surface area (Å²) >= 11 is 0. The van der Waals surface area contributed by atoms with E-state index in [2.05, 4.69) is 6.92 Å². The molecule has 0 radical (unpaired) electrons. The second kappa shape index (κ2) is 5.19. The molecule has 0 heterocycles. The topological polar surface area (TPSA) is 29.5 Å². The van der Waals surface area contributed by atoms with E-state index in [4.69, 9.17) is 4.74 Å². The summed E-state index contributed by atoms with van der Waals surface area (Å²) < 4.78 is 5.83. The number of ether oxygens (including phenoxy) is 1. The van der Waals surface area contributed by atoms with Gasteiger partial charge in [0.05, 0.1) is 12.7 Å². The normalized spacial score (nSPS) is 12.6. The van der Waals surface area contributed by atoms with Crippen molar-refractivity contribution in [2.75, 3.05) is 0 Å². The summed E-state index contributed by atoms with van der Waals surface area (Å²) in [6.45, 7) is 4.13. The highest BCUT2D eigenvalue weighted by Crippen LogP contribution is 2.29. The van der Waals surface area contributed by atoms with Crippen LogP contribution in [0.5, 0.6) is 5.75 Å². The molecule has 0 fully saturated rings. The standard InChI is InChI=1S/C15H18O2/c1-3-11(2)17-15-9-8-12-6-4-5-7-13(12)14(15)10-16/h4-9,11,16H,3,10H2,1-2H3. The van der Waals surface area contributed by atoms with Gasteiger partial charge in [0.2, 0.25) is 0 Å². The SMILES string of the molecule is CCC(C)Oc1ccc2ccccc2c1CO. The van der Waals surface area contributed by atoms with Crippen LogP contribution >= 0.6 is 0 Å². The summed E-state index contributed by atoms with van der Waals surface area (Å²) in [4.78, 5) is 0. The number of rotatable bonds is 4. The van der Waals surface area contributed by atoms with Crippen molar-refractivity contribution >= 4 is 10.8 Å². The lowest BCUT2D eigenvalue weighted by atomic mass is 10.0. The summed E-state index contributed by atoms with van der Waals surface area (Å²) in [5.41, 5.74) is 0.878. The summed E-state index contributed by atoms with van der Waals surface area (Å²) in [7, 11) is 0. The van der Waals surface area contributed by atoms with E-state index in [1.165, 1.54) is 0 Å². The Morgan fingerprint density at radius 1 is 1.18 bits per heavy atom. The highest BCUT2D eigenvalue weighted by Gasteiger charge is 2.09. The number of aliphatic hydroxyl groups excluding tert-OH is 1. The predicted octanol–water partition coefficient (Wildman–Crippen LogP) is 3.51. The molecule has 2 rings (SSSR count). The molecule has 0 aliphatic heterocycles. The van der Waals surface area contributed by atoms with Crippen molar-refractivity contribution in [2.24, 2.45) is 0 Å². The lowest BCUT2D eigenvalue weighted by Gasteiger charge is -2.16. The third-order valence-corrected chi connectivity index (χ3v) is 3.06. The average molecular weight is 230 g/mol. The Hall–Kier alpha value is -1.54. The zero-order chi connectivity index (χ0) is 12.3. The minimum atomic E-state index is 0.00706. The Morgan fingerprint density at radius 2 is 1.94 bits per heavy atom. The Labute approximate surface area is 102 Å². The van der Waals surface area contributed by atoms with Crippen molar-refractivity contribution in [1.82, 2.24) is 0 Å². The zero-order valence-corrected chi connectivity index (χ0v) is 10.3. The van der Waals surface area contributed by atoms with Crippen LogP contribution in [-0.4, -0.2) is 11.2 Å². The second-order valence-corrected chi connectivity index (χ2v) is 4.26. The van der Waals surface area contributed by atoms with Crippen molar-refractivity contribution in [3.63, 3.8) is 0 Å². The molecule has 2 nitrogen and oxygen atoms in total. The van der Waals surface area contributed by atoms with E-state index < -0.39 is 0 Å². The number of aliphatic hydroxyl groups is 1. The minimum absolute atomic E-state index is 0.00706. The smallest absolute Gasteiger partial charge is 0.125 e. The van der Waals surface area contributed by atoms with Crippen LogP contribution in [0, 0.1) is 0 Å². The van der Waals surface area contributed by atoms with Crippen LogP contribution in [0.25, 0.3) is 10.8 Å². The molecule has 0 amide bonds. The van der Waals surface area contributed by atoms with Crippen LogP contribution in [0.1, 0.15) is 25.8 Å². The molecule has 0 aliphatic rings. The van der Waals surface area contributed by atoms with E-state index in [1.54, 1.807) is 0 Å². The molecular formula is C15H18O2. The fourth-order valence-electron chi connectivity index (χ4n) is 1.89. The molecule has 0 bridgehead atoms. The molecule has 0 aromatic heterocycles. The Kier molecular flexibility index (Phi) is 3.64. The number of hydrogen-bond acceptors (Lipinski definition) is 2. The monoisotopic (exact) mass is 230 g/mol. The van der Waals surface area contributed by atoms with Crippen LogP contribution in [0.2, 0.25) is 0 Å². The first kappa shape index (κ1) is 11.9. The molecule has 0 spiro atoms. The molecule has 2 aromatic carbocycles. The third-order valence-electron chi connectivity index (χ3n) is 3.06. The van der Waals surface area contributed by atoms with Crippen LogP contribution in [0.15, 0.2) is 36.4 Å². The number of fused-ring (bicyclic) bond motifs is 1. The van der Waals surface area contributed by atoms with Gasteiger partial charge in [0, 0.05) is 5.56 Å². The van der Waals surface area contributed by atoms with Crippen molar-refractivity contribution in [2.45, 2.75) is 33.0 Å². The van der Waals surface area contributed by atoms with Crippen LogP contribution in [0.3, 0.4) is 0 Å². The largest absolute Gasteiger partial charge is 0.490 e. The van der Waals surface area contributed by atoms with E-state index in [0.29, 0.717) is 0 Å². The summed E-state index contributed by atoms with van der Waals surface area (Å²) in [6, 6.07) is 12.0. The summed E-state index contributed by atoms with van der Waals surface area (Å²) in [5.74, 6) is 0.792. The van der Waals surface area contributed by atoms with E-state index in [9.17, 15) is 5.11 Å². The average Bonchev–Trinajstić information content (AvgIpc) is 2.38. The van der Waals surface area contributed by atoms with Gasteiger partial charge in [-0.3, -0.25) is 0 Å². The van der Waals surface area contributed by atoms with Crippen molar-refractivity contribution in [3.05, 3.63) is 42.0 Å². The van der Waals surface area contributed by atoms with Gasteiger partial charge in [-0.05, 0) is 30.2 Å². The second-order valence-electron chi connectivity index (χ2n) is 4.26. The molecule has 0 aliphatic carbocycles. The minimum Gasteiger partial charge on any atom is -0.490 e. The zero-order valence-electron chi connectivity index (χ0n) is 10.3. The van der Waals surface area contributed by atoms with Crippen molar-refractivity contribution in [3.8, 4) is 5.75 Å². The maximum atomic E-state index is 9.52. The van der Waals surface area contributed by atoms with E-state index in [0.717, 1.165) is 28.5 Å². The highest BCUT2D eigenvalue weighted by atomic mass is 16.5. The third kappa shape index (κ3) is 2.42. The van der Waals surface area contributed by atoms with Crippen molar-refractivity contribution in [1.29, 1.82) is 0 Å². The molecule has 0 saturated heterocycles. The van der Waals surface area contributed by atoms with E-state index >= 15 is 0 Å². The first-order valence-corrected chi connectivity index (χ1v) is 6.04. The first-order valence-electron chi connectivity index (χ1n) is 6.04. The first-order chi connectivity index (χ1) is 8.26. The highest BCUT2D eigenvalue weighted by molar-refractivity contribution is 5.87. The molecule has 17 heavy (non-hydrogen) atoms. The van der Waals surface area contributed by atoms with Crippen molar-refractivity contribution < 1.29 is 9.84 Å². The van der Waals surface area contributed by atoms with Crippen LogP contribution < -0.4 is 4.74 Å². The molecule has 1 atom stereocenters. The van der Waals surface area contributed by atoms with Gasteiger partial charge in [-0.2, -0.15) is 0 Å². The molecule has 90 valence electrons. The van der Waals surface area contributed by atoms with Gasteiger partial charge >= 0.3 is 0 Å². The van der Waals surface area contributed by atoms with Gasteiger partial charge in [-0.15, -0.1) is 0 Å². The fraction of sp³-hybridized carbons (Fsp3) is 0.333. The van der Waals surface area contributed by atoms with Gasteiger partial charge < -0.3 is 9.84 Å². The molecule has 2 aromatic rings. The van der Waals surface area contributed by atoms with Gasteiger partial charge in [0.1, 0.15) is 5.75 Å². The predicted molar refractivity (Wildman–Crippen MR) is 70.3 cm³/mol. The van der Waals surface area contributed by atoms with Crippen LogP contribution in [0.4, 0.5) is 0 Å². The molecule has 0 saturated carbocycles. The Bertz CT molecular complexity index is 505. The maximum absolute atomic E-state index is 9.52. The Morgan fingerprint density at radius 3 is 2.65 bits per heavy atom. The molecule has 2 heteroatoms.